The van der Waals surface area contributed by atoms with Gasteiger partial charge in [0.2, 0.25) is 5.43 Å². The van der Waals surface area contributed by atoms with E-state index in [4.69, 9.17) is 5.11 Å². The molecule has 7 nitrogen and oxygen atoms in total. The van der Waals surface area contributed by atoms with Crippen LogP contribution in [0, 0.1) is 0 Å². The zero-order valence-electron chi connectivity index (χ0n) is 11.6. The van der Waals surface area contributed by atoms with E-state index in [0.29, 0.717) is 37.1 Å². The highest BCUT2D eigenvalue weighted by Crippen LogP contribution is 2.29. The number of fused-ring (bicyclic) bond motifs is 1. The minimum atomic E-state index is -1.35. The second-order valence-electron chi connectivity index (χ2n) is 5.25. The Hall–Kier alpha value is -2.83. The number of carbonyl (C=O) groups is 2. The standard InChI is InChI=1S/C15H14N2O5/c18-9-1-3-17(4-2-9)8-5-11-13(12(19)6-8)14(20)10(7-16-11)15(21)22/h5-7,19H,1-4H2,(H,16,20)(H,21,22). The molecule has 0 bridgehead atoms. The van der Waals surface area contributed by atoms with Crippen LogP contribution in [0.15, 0.2) is 23.1 Å². The summed E-state index contributed by atoms with van der Waals surface area (Å²) >= 11 is 0. The molecule has 2 aromatic rings. The summed E-state index contributed by atoms with van der Waals surface area (Å²) in [5.41, 5.74) is -0.0867. The van der Waals surface area contributed by atoms with Crippen molar-refractivity contribution in [3.05, 3.63) is 34.1 Å². The van der Waals surface area contributed by atoms with Gasteiger partial charge >= 0.3 is 5.97 Å². The maximum Gasteiger partial charge on any atom is 0.341 e. The molecule has 0 saturated carbocycles. The second kappa shape index (κ2) is 5.18. The molecule has 1 saturated heterocycles. The molecule has 3 N–H and O–H groups in total. The number of hydrogen-bond acceptors (Lipinski definition) is 5. The highest BCUT2D eigenvalue weighted by Gasteiger charge is 2.20. The number of Topliss-reactive ketones (excluding diaryl/α,β-unsaturated/α-hetero) is 1. The van der Waals surface area contributed by atoms with Gasteiger partial charge in [0.05, 0.1) is 10.9 Å². The average molecular weight is 302 g/mol. The molecule has 2 heterocycles. The lowest BCUT2D eigenvalue weighted by molar-refractivity contribution is -0.119. The summed E-state index contributed by atoms with van der Waals surface area (Å²) in [6.07, 6.45) is 2.02. The molecule has 0 atom stereocenters. The third kappa shape index (κ3) is 2.30. The van der Waals surface area contributed by atoms with E-state index in [1.54, 1.807) is 6.07 Å². The van der Waals surface area contributed by atoms with Gasteiger partial charge in [0.25, 0.3) is 0 Å². The van der Waals surface area contributed by atoms with Crippen molar-refractivity contribution in [3.8, 4) is 5.75 Å². The predicted octanol–water partition coefficient (Wildman–Crippen LogP) is 1.10. The first kappa shape index (κ1) is 14.1. The molecule has 1 aliphatic rings. The number of phenols is 1. The first-order chi connectivity index (χ1) is 10.5. The Labute approximate surface area is 124 Å². The van der Waals surface area contributed by atoms with Crippen molar-refractivity contribution in [1.29, 1.82) is 0 Å². The smallest absolute Gasteiger partial charge is 0.341 e. The van der Waals surface area contributed by atoms with Gasteiger partial charge < -0.3 is 20.1 Å². The van der Waals surface area contributed by atoms with Crippen molar-refractivity contribution < 1.29 is 19.8 Å². The number of carboxylic acid groups (broad SMARTS) is 1. The molecule has 1 aliphatic heterocycles. The Morgan fingerprint density at radius 1 is 1.18 bits per heavy atom. The first-order valence-electron chi connectivity index (χ1n) is 6.85. The fourth-order valence-electron chi connectivity index (χ4n) is 2.67. The van der Waals surface area contributed by atoms with E-state index in [1.807, 2.05) is 4.90 Å². The maximum atomic E-state index is 12.1. The number of nitrogens with one attached hydrogen (secondary N) is 1. The molecule has 7 heteroatoms. The SMILES string of the molecule is O=C1CCN(c2cc(O)c3c(=O)c(C(=O)O)c[nH]c3c2)CC1. The number of aromatic amines is 1. The van der Waals surface area contributed by atoms with Crippen molar-refractivity contribution >= 4 is 28.3 Å². The van der Waals surface area contributed by atoms with Crippen LogP contribution < -0.4 is 10.3 Å². The van der Waals surface area contributed by atoms with Gasteiger partial charge in [-0.05, 0) is 6.07 Å². The van der Waals surface area contributed by atoms with Crippen molar-refractivity contribution in [2.24, 2.45) is 0 Å². The number of benzene rings is 1. The Kier molecular flexibility index (Phi) is 3.32. The molecule has 114 valence electrons. The number of aromatic hydroxyl groups is 1. The number of anilines is 1. The molecule has 22 heavy (non-hydrogen) atoms. The van der Waals surface area contributed by atoms with Crippen LogP contribution in [0.25, 0.3) is 10.9 Å². The van der Waals surface area contributed by atoms with Gasteiger partial charge in [-0.25, -0.2) is 4.79 Å². The molecule has 0 spiro atoms. The lowest BCUT2D eigenvalue weighted by Gasteiger charge is -2.28. The highest BCUT2D eigenvalue weighted by atomic mass is 16.4. The third-order valence-electron chi connectivity index (χ3n) is 3.86. The largest absolute Gasteiger partial charge is 0.507 e. The Morgan fingerprint density at radius 3 is 2.50 bits per heavy atom. The van der Waals surface area contributed by atoms with Crippen LogP contribution in [0.1, 0.15) is 23.2 Å². The zero-order valence-corrected chi connectivity index (χ0v) is 11.6. The van der Waals surface area contributed by atoms with Gasteiger partial charge in [-0.3, -0.25) is 9.59 Å². The number of pyridine rings is 1. The van der Waals surface area contributed by atoms with Gasteiger partial charge in [-0.1, -0.05) is 0 Å². The Morgan fingerprint density at radius 2 is 1.86 bits per heavy atom. The van der Waals surface area contributed by atoms with Gasteiger partial charge in [0, 0.05) is 43.9 Å². The van der Waals surface area contributed by atoms with Crippen molar-refractivity contribution in [2.45, 2.75) is 12.8 Å². The number of H-pyrrole nitrogens is 1. The van der Waals surface area contributed by atoms with Crippen LogP contribution in [0.2, 0.25) is 0 Å². The van der Waals surface area contributed by atoms with Crippen LogP contribution in [0.5, 0.6) is 5.75 Å². The predicted molar refractivity (Wildman–Crippen MR) is 79.6 cm³/mol. The summed E-state index contributed by atoms with van der Waals surface area (Å²) in [5, 5.41) is 19.0. The molecule has 1 fully saturated rings. The molecule has 1 aromatic carbocycles. The maximum absolute atomic E-state index is 12.1. The number of piperidine rings is 1. The number of hydrogen-bond donors (Lipinski definition) is 3. The first-order valence-corrected chi connectivity index (χ1v) is 6.85. The number of carbonyl (C=O) groups excluding carboxylic acids is 1. The van der Waals surface area contributed by atoms with E-state index in [0.717, 1.165) is 6.20 Å². The number of aromatic carboxylic acids is 1. The Balaban J connectivity index is 2.10. The summed E-state index contributed by atoms with van der Waals surface area (Å²) in [6.45, 7) is 1.11. The molecule has 1 aromatic heterocycles. The normalized spacial score (nSPS) is 15.3. The van der Waals surface area contributed by atoms with E-state index in [9.17, 15) is 19.5 Å². The van der Waals surface area contributed by atoms with Crippen molar-refractivity contribution in [2.75, 3.05) is 18.0 Å². The monoisotopic (exact) mass is 302 g/mol. The van der Waals surface area contributed by atoms with Crippen molar-refractivity contribution in [1.82, 2.24) is 4.98 Å². The van der Waals surface area contributed by atoms with E-state index in [1.165, 1.54) is 6.07 Å². The van der Waals surface area contributed by atoms with Gasteiger partial charge in [-0.2, -0.15) is 0 Å². The van der Waals surface area contributed by atoms with Gasteiger partial charge in [0.15, 0.2) is 0 Å². The number of aromatic nitrogens is 1. The molecule has 0 unspecified atom stereocenters. The quantitative estimate of drug-likeness (QED) is 0.766. The summed E-state index contributed by atoms with van der Waals surface area (Å²) in [5.74, 6) is -1.41. The van der Waals surface area contributed by atoms with Crippen LogP contribution in [-0.2, 0) is 4.79 Å². The van der Waals surface area contributed by atoms with Gasteiger partial charge in [-0.15, -0.1) is 0 Å². The molecular formula is C15H14N2O5. The number of rotatable bonds is 2. The van der Waals surface area contributed by atoms with Crippen LogP contribution in [-0.4, -0.2) is 40.0 Å². The number of nitrogens with zero attached hydrogens (tertiary/aromatic N) is 1. The number of carboxylic acids is 1. The fourth-order valence-corrected chi connectivity index (χ4v) is 2.67. The fraction of sp³-hybridized carbons (Fsp3) is 0.267. The number of ketones is 1. The second-order valence-corrected chi connectivity index (χ2v) is 5.25. The summed E-state index contributed by atoms with van der Waals surface area (Å²) in [7, 11) is 0. The van der Waals surface area contributed by atoms with E-state index in [-0.39, 0.29) is 16.9 Å². The van der Waals surface area contributed by atoms with Crippen LogP contribution in [0.3, 0.4) is 0 Å². The molecule has 3 rings (SSSR count). The van der Waals surface area contributed by atoms with Crippen LogP contribution >= 0.6 is 0 Å². The molecule has 0 radical (unpaired) electrons. The van der Waals surface area contributed by atoms with E-state index in [2.05, 4.69) is 4.98 Å². The lowest BCUT2D eigenvalue weighted by atomic mass is 10.1. The highest BCUT2D eigenvalue weighted by molar-refractivity contribution is 5.95. The van der Waals surface area contributed by atoms with Gasteiger partial charge in [0.1, 0.15) is 17.1 Å². The lowest BCUT2D eigenvalue weighted by Crippen LogP contribution is -2.33. The third-order valence-corrected chi connectivity index (χ3v) is 3.86. The molecule has 0 amide bonds. The zero-order chi connectivity index (χ0) is 15.9. The Bertz CT molecular complexity index is 830. The minimum Gasteiger partial charge on any atom is -0.507 e. The average Bonchev–Trinajstić information content (AvgIpc) is 2.47. The van der Waals surface area contributed by atoms with E-state index >= 15 is 0 Å². The van der Waals surface area contributed by atoms with Crippen LogP contribution in [0.4, 0.5) is 5.69 Å². The minimum absolute atomic E-state index is 0.0447. The molecule has 0 aliphatic carbocycles. The van der Waals surface area contributed by atoms with Crippen molar-refractivity contribution in [3.63, 3.8) is 0 Å². The summed E-state index contributed by atoms with van der Waals surface area (Å²) < 4.78 is 0. The summed E-state index contributed by atoms with van der Waals surface area (Å²) in [4.78, 5) is 39.1. The van der Waals surface area contributed by atoms with E-state index < -0.39 is 17.0 Å². The number of phenolic OH excluding ortho intramolecular Hbond substituents is 1. The molecular weight excluding hydrogens is 288 g/mol. The summed E-state index contributed by atoms with van der Waals surface area (Å²) in [6, 6.07) is 3.11. The topological polar surface area (TPSA) is 111 Å².